The van der Waals surface area contributed by atoms with Crippen molar-refractivity contribution < 1.29 is 0 Å². The van der Waals surface area contributed by atoms with Gasteiger partial charge in [-0.25, -0.2) is 15.0 Å². The lowest BCUT2D eigenvalue weighted by atomic mass is 9.96. The molecule has 2 heterocycles. The first kappa shape index (κ1) is 10.7. The van der Waals surface area contributed by atoms with E-state index in [1.165, 1.54) is 11.9 Å². The van der Waals surface area contributed by atoms with Crippen LogP contribution in [0.5, 0.6) is 0 Å². The van der Waals surface area contributed by atoms with Gasteiger partial charge in [0.2, 0.25) is 0 Å². The van der Waals surface area contributed by atoms with Gasteiger partial charge in [-0.05, 0) is 12.8 Å². The Kier molecular flexibility index (Phi) is 2.65. The summed E-state index contributed by atoms with van der Waals surface area (Å²) in [4.78, 5) is 15.6. The zero-order valence-corrected chi connectivity index (χ0v) is 9.72. The summed E-state index contributed by atoms with van der Waals surface area (Å²) < 4.78 is 0. The fraction of sp³-hybridized carbons (Fsp3) is 0.333. The van der Waals surface area contributed by atoms with Crippen LogP contribution < -0.4 is 5.32 Å². The molecule has 0 aliphatic heterocycles. The van der Waals surface area contributed by atoms with Crippen molar-refractivity contribution in [3.8, 4) is 6.07 Å². The monoisotopic (exact) mass is 240 g/mol. The molecule has 2 aromatic heterocycles. The number of fused-ring (bicyclic) bond motifs is 1. The normalized spacial score (nSPS) is 17.8. The van der Waals surface area contributed by atoms with E-state index >= 15 is 0 Å². The van der Waals surface area contributed by atoms with Gasteiger partial charge in [0, 0.05) is 30.6 Å². The highest BCUT2D eigenvalue weighted by Crippen LogP contribution is 2.21. The Morgan fingerprint density at radius 3 is 3.11 bits per heavy atom. The summed E-state index contributed by atoms with van der Waals surface area (Å²) in [5.41, 5.74) is 2.65. The van der Waals surface area contributed by atoms with Crippen molar-refractivity contribution in [2.45, 2.75) is 25.3 Å². The molecule has 1 atom stereocenters. The largest absolute Gasteiger partial charge is 0.365 e. The van der Waals surface area contributed by atoms with Gasteiger partial charge in [0.25, 0.3) is 0 Å². The molecule has 0 amide bonds. The van der Waals surface area contributed by atoms with Crippen LogP contribution in [0.1, 0.15) is 23.5 Å². The second kappa shape index (κ2) is 4.45. The molecule has 0 saturated heterocycles. The van der Waals surface area contributed by atoms with E-state index in [1.807, 2.05) is 6.07 Å². The Morgan fingerprint density at radius 2 is 2.22 bits per heavy atom. The summed E-state index contributed by atoms with van der Waals surface area (Å²) in [5, 5.41) is 12.3. The van der Waals surface area contributed by atoms with Crippen LogP contribution in [0.4, 0.5) is 5.82 Å². The van der Waals surface area contributed by atoms with Crippen molar-refractivity contribution in [2.24, 2.45) is 0 Å². The molecule has 0 radical (unpaired) electrons. The molecular weight excluding hydrogens is 228 g/mol. The van der Waals surface area contributed by atoms with Crippen LogP contribution in [0.3, 0.4) is 0 Å². The van der Waals surface area contributed by atoms with Crippen LogP contribution in [0.25, 0.3) is 0 Å². The predicted molar refractivity (Wildman–Crippen MR) is 64.8 cm³/mol. The lowest BCUT2D eigenvalue weighted by Gasteiger charge is -2.23. The third kappa shape index (κ3) is 1.91. The smallest absolute Gasteiger partial charge is 0.182 e. The van der Waals surface area contributed by atoms with Crippen molar-refractivity contribution in [3.63, 3.8) is 0 Å². The fourth-order valence-electron chi connectivity index (χ4n) is 2.24. The van der Waals surface area contributed by atoms with E-state index in [4.69, 9.17) is 5.26 Å². The highest BCUT2D eigenvalue weighted by molar-refractivity contribution is 5.47. The second-order valence-electron chi connectivity index (χ2n) is 4.28. The number of hydrogen-bond donors (Lipinski definition) is 2. The van der Waals surface area contributed by atoms with E-state index in [1.54, 1.807) is 12.5 Å². The second-order valence-corrected chi connectivity index (χ2v) is 4.28. The first-order valence-corrected chi connectivity index (χ1v) is 5.85. The number of nitrogens with one attached hydrogen (secondary N) is 2. The van der Waals surface area contributed by atoms with Crippen molar-refractivity contribution in [1.82, 2.24) is 19.9 Å². The third-order valence-electron chi connectivity index (χ3n) is 3.13. The topological polar surface area (TPSA) is 90.3 Å². The highest BCUT2D eigenvalue weighted by Gasteiger charge is 2.21. The van der Waals surface area contributed by atoms with Gasteiger partial charge in [-0.3, -0.25) is 0 Å². The maximum absolute atomic E-state index is 8.96. The lowest BCUT2D eigenvalue weighted by Crippen LogP contribution is -2.28. The van der Waals surface area contributed by atoms with Crippen LogP contribution in [0, 0.1) is 11.3 Å². The lowest BCUT2D eigenvalue weighted by molar-refractivity contribution is 0.595. The summed E-state index contributed by atoms with van der Waals surface area (Å²) in [5.74, 6) is 0.563. The molecule has 1 aliphatic rings. The number of aryl methyl sites for hydroxylation is 1. The first-order valence-electron chi connectivity index (χ1n) is 5.85. The van der Waals surface area contributed by atoms with E-state index in [-0.39, 0.29) is 6.04 Å². The third-order valence-corrected chi connectivity index (χ3v) is 3.13. The van der Waals surface area contributed by atoms with E-state index in [9.17, 15) is 0 Å². The van der Waals surface area contributed by atoms with Gasteiger partial charge >= 0.3 is 0 Å². The molecule has 2 N–H and O–H groups in total. The Labute approximate surface area is 104 Å². The van der Waals surface area contributed by atoms with Crippen LogP contribution in [-0.2, 0) is 12.8 Å². The van der Waals surface area contributed by atoms with Gasteiger partial charge < -0.3 is 10.3 Å². The van der Waals surface area contributed by atoms with E-state index in [0.717, 1.165) is 25.0 Å². The van der Waals surface area contributed by atoms with Gasteiger partial charge in [-0.2, -0.15) is 5.26 Å². The zero-order valence-electron chi connectivity index (χ0n) is 9.72. The van der Waals surface area contributed by atoms with E-state index < -0.39 is 0 Å². The van der Waals surface area contributed by atoms with Crippen LogP contribution in [0.15, 0.2) is 18.7 Å². The summed E-state index contributed by atoms with van der Waals surface area (Å²) in [7, 11) is 0. The fourth-order valence-corrected chi connectivity index (χ4v) is 2.24. The molecule has 6 nitrogen and oxygen atoms in total. The molecule has 90 valence electrons. The van der Waals surface area contributed by atoms with Gasteiger partial charge in [0.05, 0.1) is 12.0 Å². The Balaban J connectivity index is 1.77. The molecular formula is C12H12N6. The van der Waals surface area contributed by atoms with Crippen molar-refractivity contribution in [2.75, 3.05) is 5.32 Å². The number of imidazole rings is 1. The molecule has 0 aromatic carbocycles. The highest BCUT2D eigenvalue weighted by atomic mass is 15.0. The summed E-state index contributed by atoms with van der Waals surface area (Å²) in [6.45, 7) is 0. The SMILES string of the molecule is N#Cc1nccnc1NC1CCc2nc[nH]c2C1. The van der Waals surface area contributed by atoms with Crippen LogP contribution >= 0.6 is 0 Å². The Morgan fingerprint density at radius 1 is 1.33 bits per heavy atom. The van der Waals surface area contributed by atoms with Crippen molar-refractivity contribution in [1.29, 1.82) is 5.26 Å². The van der Waals surface area contributed by atoms with Gasteiger partial charge in [-0.15, -0.1) is 0 Å². The quantitative estimate of drug-likeness (QED) is 0.818. The minimum atomic E-state index is 0.266. The number of nitrogens with zero attached hydrogens (tertiary/aromatic N) is 4. The number of rotatable bonds is 2. The Hall–Kier alpha value is -2.42. The number of nitriles is 1. The molecule has 0 spiro atoms. The number of aromatic amines is 1. The summed E-state index contributed by atoms with van der Waals surface area (Å²) in [6.07, 6.45) is 7.65. The number of hydrogen-bond acceptors (Lipinski definition) is 5. The van der Waals surface area contributed by atoms with Crippen molar-refractivity contribution >= 4 is 5.82 Å². The molecule has 1 aliphatic carbocycles. The standard InChI is InChI=1S/C12H12N6/c13-6-11-12(15-4-3-14-11)18-8-1-2-9-10(5-8)17-7-16-9/h3-4,7-8H,1-2,5H2,(H,15,18)(H,16,17). The summed E-state index contributed by atoms with van der Waals surface area (Å²) in [6, 6.07) is 2.31. The molecule has 0 fully saturated rings. The van der Waals surface area contributed by atoms with E-state index in [2.05, 4.69) is 25.3 Å². The predicted octanol–water partition coefficient (Wildman–Crippen LogP) is 1.04. The molecule has 18 heavy (non-hydrogen) atoms. The maximum Gasteiger partial charge on any atom is 0.182 e. The van der Waals surface area contributed by atoms with Gasteiger partial charge in [0.15, 0.2) is 11.5 Å². The number of anilines is 1. The minimum absolute atomic E-state index is 0.266. The number of H-pyrrole nitrogens is 1. The molecule has 6 heteroatoms. The van der Waals surface area contributed by atoms with Crippen LogP contribution in [-0.4, -0.2) is 26.0 Å². The van der Waals surface area contributed by atoms with Gasteiger partial charge in [-0.1, -0.05) is 0 Å². The minimum Gasteiger partial charge on any atom is -0.365 e. The maximum atomic E-state index is 8.96. The Bertz CT molecular complexity index is 597. The molecule has 0 bridgehead atoms. The van der Waals surface area contributed by atoms with E-state index in [0.29, 0.717) is 11.5 Å². The molecule has 0 saturated carbocycles. The first-order chi connectivity index (χ1) is 8.86. The zero-order chi connectivity index (χ0) is 12.4. The number of aromatic nitrogens is 4. The van der Waals surface area contributed by atoms with Gasteiger partial charge in [0.1, 0.15) is 6.07 Å². The molecule has 2 aromatic rings. The average molecular weight is 240 g/mol. The molecule has 3 rings (SSSR count). The molecule has 1 unspecified atom stereocenters. The van der Waals surface area contributed by atoms with Crippen molar-refractivity contribution in [3.05, 3.63) is 35.8 Å². The average Bonchev–Trinajstić information content (AvgIpc) is 2.87. The summed E-state index contributed by atoms with van der Waals surface area (Å²) >= 11 is 0. The van der Waals surface area contributed by atoms with Crippen LogP contribution in [0.2, 0.25) is 0 Å².